The summed E-state index contributed by atoms with van der Waals surface area (Å²) in [7, 11) is 0. The minimum absolute atomic E-state index is 0.251. The van der Waals surface area contributed by atoms with Crippen molar-refractivity contribution in [3.05, 3.63) is 69.8 Å². The number of nitrogens with zero attached hydrogens (tertiary/aromatic N) is 2. The molecule has 1 N–H and O–H groups in total. The molecule has 0 aliphatic carbocycles. The lowest BCUT2D eigenvalue weighted by Gasteiger charge is -2.06. The molecule has 0 saturated carbocycles. The molecule has 3 aromatic rings. The van der Waals surface area contributed by atoms with E-state index >= 15 is 0 Å². The summed E-state index contributed by atoms with van der Waals surface area (Å²) >= 11 is 7.37. The largest absolute Gasteiger partial charge is 0.439 e. The van der Waals surface area contributed by atoms with Crippen LogP contribution in [0, 0.1) is 6.92 Å². The predicted molar refractivity (Wildman–Crippen MR) is 100 cm³/mol. The molecule has 0 bridgehead atoms. The van der Waals surface area contributed by atoms with Crippen LogP contribution in [0.3, 0.4) is 0 Å². The van der Waals surface area contributed by atoms with Crippen molar-refractivity contribution in [1.82, 2.24) is 9.97 Å². The fourth-order valence-electron chi connectivity index (χ4n) is 1.94. The van der Waals surface area contributed by atoms with Crippen LogP contribution in [-0.4, -0.2) is 15.9 Å². The summed E-state index contributed by atoms with van der Waals surface area (Å²) in [5.74, 6) is 0.808. The summed E-state index contributed by atoms with van der Waals surface area (Å²) in [4.78, 5) is 20.3. The van der Waals surface area contributed by atoms with E-state index in [-0.39, 0.29) is 5.91 Å². The maximum atomic E-state index is 11.9. The number of nitrogens with one attached hydrogen (secondary N) is 1. The molecule has 1 amide bonds. The Kier molecular flexibility index (Phi) is 5.42. The van der Waals surface area contributed by atoms with Gasteiger partial charge in [0.05, 0.1) is 22.6 Å². The number of carbonyl (C=O) groups excluding carboxylic acids is 1. The number of ether oxygens (including phenoxy) is 1. The molecule has 1 aromatic carbocycles. The number of halogens is 1. The maximum absolute atomic E-state index is 11.9. The number of hydrogen-bond acceptors (Lipinski definition) is 5. The molecular weight excluding hydrogens is 358 g/mol. The van der Waals surface area contributed by atoms with E-state index in [0.717, 1.165) is 10.7 Å². The highest BCUT2D eigenvalue weighted by Crippen LogP contribution is 2.22. The Balaban J connectivity index is 1.57. The van der Waals surface area contributed by atoms with Gasteiger partial charge in [-0.25, -0.2) is 9.97 Å². The quantitative estimate of drug-likeness (QED) is 0.645. The van der Waals surface area contributed by atoms with Crippen LogP contribution in [0.15, 0.2) is 54.1 Å². The molecule has 25 heavy (non-hydrogen) atoms. The summed E-state index contributed by atoms with van der Waals surface area (Å²) in [6.45, 7) is 1.92. The van der Waals surface area contributed by atoms with Crippen LogP contribution in [0.2, 0.25) is 5.02 Å². The first-order valence-electron chi connectivity index (χ1n) is 7.39. The molecule has 0 aliphatic rings. The monoisotopic (exact) mass is 371 g/mol. The Hall–Kier alpha value is -2.70. The van der Waals surface area contributed by atoms with Crippen molar-refractivity contribution >= 4 is 40.6 Å². The van der Waals surface area contributed by atoms with E-state index in [2.05, 4.69) is 15.3 Å². The molecule has 0 saturated heterocycles. The molecule has 126 valence electrons. The van der Waals surface area contributed by atoms with E-state index in [9.17, 15) is 4.79 Å². The van der Waals surface area contributed by atoms with E-state index in [1.165, 1.54) is 23.6 Å². The third kappa shape index (κ3) is 5.14. The Morgan fingerprint density at radius 1 is 1.24 bits per heavy atom. The predicted octanol–water partition coefficient (Wildman–Crippen LogP) is 4.94. The number of benzene rings is 1. The first-order valence-corrected chi connectivity index (χ1v) is 8.65. The van der Waals surface area contributed by atoms with Crippen molar-refractivity contribution < 1.29 is 9.53 Å². The third-order valence-electron chi connectivity index (χ3n) is 3.08. The highest BCUT2D eigenvalue weighted by Gasteiger charge is 2.02. The summed E-state index contributed by atoms with van der Waals surface area (Å²) in [6, 6.07) is 10.4. The van der Waals surface area contributed by atoms with Crippen molar-refractivity contribution in [2.24, 2.45) is 0 Å². The number of pyridine rings is 1. The highest BCUT2D eigenvalue weighted by molar-refractivity contribution is 7.09. The van der Waals surface area contributed by atoms with Crippen molar-refractivity contribution in [1.29, 1.82) is 0 Å². The van der Waals surface area contributed by atoms with Crippen LogP contribution in [-0.2, 0) is 4.79 Å². The molecule has 5 nitrogen and oxygen atoms in total. The zero-order valence-corrected chi connectivity index (χ0v) is 14.8. The molecule has 0 aliphatic heterocycles. The van der Waals surface area contributed by atoms with Crippen LogP contribution < -0.4 is 10.1 Å². The van der Waals surface area contributed by atoms with Crippen LogP contribution in [0.1, 0.15) is 10.7 Å². The Morgan fingerprint density at radius 2 is 2.04 bits per heavy atom. The van der Waals surface area contributed by atoms with E-state index in [4.69, 9.17) is 16.3 Å². The average molecular weight is 372 g/mol. The Morgan fingerprint density at radius 3 is 2.68 bits per heavy atom. The van der Waals surface area contributed by atoms with Crippen LogP contribution >= 0.6 is 22.9 Å². The molecule has 0 unspecified atom stereocenters. The van der Waals surface area contributed by atoms with E-state index in [1.54, 1.807) is 42.5 Å². The topological polar surface area (TPSA) is 64.1 Å². The van der Waals surface area contributed by atoms with Gasteiger partial charge in [-0.3, -0.25) is 4.79 Å². The van der Waals surface area contributed by atoms with Gasteiger partial charge in [0.2, 0.25) is 11.8 Å². The SMILES string of the molecule is Cc1nc(/C=C/C(=O)Nc2ccc(Oc3ccc(Cl)cc3)nc2)cs1. The van der Waals surface area contributed by atoms with E-state index in [1.807, 2.05) is 12.3 Å². The van der Waals surface area contributed by atoms with Crippen molar-refractivity contribution in [3.8, 4) is 11.6 Å². The Labute approximate surface area is 154 Å². The smallest absolute Gasteiger partial charge is 0.248 e. The van der Waals surface area contributed by atoms with Gasteiger partial charge in [0.1, 0.15) is 5.75 Å². The molecule has 0 spiro atoms. The Bertz CT molecular complexity index is 889. The van der Waals surface area contributed by atoms with Crippen molar-refractivity contribution in [2.45, 2.75) is 6.92 Å². The molecule has 0 fully saturated rings. The number of carbonyl (C=O) groups is 1. The zero-order chi connectivity index (χ0) is 17.6. The lowest BCUT2D eigenvalue weighted by molar-refractivity contribution is -0.111. The lowest BCUT2D eigenvalue weighted by atomic mass is 10.3. The molecule has 0 atom stereocenters. The highest BCUT2D eigenvalue weighted by atomic mass is 35.5. The lowest BCUT2D eigenvalue weighted by Crippen LogP contribution is -2.07. The first kappa shape index (κ1) is 17.1. The minimum atomic E-state index is -0.251. The zero-order valence-electron chi connectivity index (χ0n) is 13.3. The van der Waals surface area contributed by atoms with Crippen LogP contribution in [0.5, 0.6) is 11.6 Å². The molecule has 2 aromatic heterocycles. The number of anilines is 1. The number of aryl methyl sites for hydroxylation is 1. The fourth-order valence-corrected chi connectivity index (χ4v) is 2.65. The van der Waals surface area contributed by atoms with Gasteiger partial charge in [-0.1, -0.05) is 11.6 Å². The molecule has 3 rings (SSSR count). The summed E-state index contributed by atoms with van der Waals surface area (Å²) in [6.07, 6.45) is 4.64. The second-order valence-electron chi connectivity index (χ2n) is 5.06. The van der Waals surface area contributed by atoms with Gasteiger partial charge in [-0.2, -0.15) is 0 Å². The summed E-state index contributed by atoms with van der Waals surface area (Å²) < 4.78 is 5.60. The van der Waals surface area contributed by atoms with Crippen molar-refractivity contribution in [3.63, 3.8) is 0 Å². The molecule has 0 radical (unpaired) electrons. The van der Waals surface area contributed by atoms with Crippen molar-refractivity contribution in [2.75, 3.05) is 5.32 Å². The number of rotatable bonds is 5. The number of thiazole rings is 1. The second kappa shape index (κ2) is 7.92. The second-order valence-corrected chi connectivity index (χ2v) is 6.55. The van der Waals surface area contributed by atoms with E-state index in [0.29, 0.717) is 22.3 Å². The van der Waals surface area contributed by atoms with Crippen LogP contribution in [0.4, 0.5) is 5.69 Å². The molecular formula is C18H14ClN3O2S. The molecule has 7 heteroatoms. The van der Waals surface area contributed by atoms with Gasteiger partial charge in [0, 0.05) is 22.5 Å². The van der Waals surface area contributed by atoms with Gasteiger partial charge in [0.25, 0.3) is 0 Å². The first-order chi connectivity index (χ1) is 12.1. The van der Waals surface area contributed by atoms with Gasteiger partial charge in [-0.05, 0) is 43.3 Å². The summed E-state index contributed by atoms with van der Waals surface area (Å²) in [5.41, 5.74) is 1.34. The van der Waals surface area contributed by atoms with E-state index < -0.39 is 0 Å². The minimum Gasteiger partial charge on any atom is -0.439 e. The maximum Gasteiger partial charge on any atom is 0.248 e. The number of amides is 1. The fraction of sp³-hybridized carbons (Fsp3) is 0.0556. The van der Waals surface area contributed by atoms with Gasteiger partial charge < -0.3 is 10.1 Å². The standard InChI is InChI=1S/C18H14ClN3O2S/c1-12-21-15(11-25-12)4-8-17(23)22-14-5-9-18(20-10-14)24-16-6-2-13(19)3-7-16/h2-11H,1H3,(H,22,23)/b8-4+. The summed E-state index contributed by atoms with van der Waals surface area (Å²) in [5, 5.41) is 6.22. The normalized spacial score (nSPS) is 10.8. The average Bonchev–Trinajstić information content (AvgIpc) is 3.02. The van der Waals surface area contributed by atoms with Gasteiger partial charge in [0.15, 0.2) is 0 Å². The number of hydrogen-bond donors (Lipinski definition) is 1. The van der Waals surface area contributed by atoms with Gasteiger partial charge in [-0.15, -0.1) is 11.3 Å². The molecule has 2 heterocycles. The number of aromatic nitrogens is 2. The third-order valence-corrected chi connectivity index (χ3v) is 4.13. The van der Waals surface area contributed by atoms with Crippen LogP contribution in [0.25, 0.3) is 6.08 Å². The van der Waals surface area contributed by atoms with Gasteiger partial charge >= 0.3 is 0 Å².